The van der Waals surface area contributed by atoms with Gasteiger partial charge in [0, 0.05) is 13.2 Å². The molecule has 0 bridgehead atoms. The molecule has 0 radical (unpaired) electrons. The Balaban J connectivity index is 1.76. The van der Waals surface area contributed by atoms with Crippen LogP contribution >= 0.6 is 11.3 Å². The number of benzene rings is 2. The minimum atomic E-state index is -3.63. The van der Waals surface area contributed by atoms with Gasteiger partial charge in [0.15, 0.2) is 0 Å². The van der Waals surface area contributed by atoms with Crippen molar-refractivity contribution in [2.24, 2.45) is 0 Å². The molecule has 6 nitrogen and oxygen atoms in total. The lowest BCUT2D eigenvalue weighted by Gasteiger charge is -2.09. The Hall–Kier alpha value is -2.00. The van der Waals surface area contributed by atoms with Crippen molar-refractivity contribution in [2.75, 3.05) is 13.2 Å². The van der Waals surface area contributed by atoms with Crippen molar-refractivity contribution in [1.29, 1.82) is 0 Å². The van der Waals surface area contributed by atoms with E-state index in [1.165, 1.54) is 0 Å². The lowest BCUT2D eigenvalue weighted by atomic mass is 10.2. The van der Waals surface area contributed by atoms with Gasteiger partial charge in [-0.25, -0.2) is 13.1 Å². The SMILES string of the molecule is CC(C)OCCCNS(=O)(=O)c1ccc2c(c1)sc(=O)n2Cc1ccccc1. The average molecular weight is 421 g/mol. The van der Waals surface area contributed by atoms with Crippen LogP contribution in [-0.2, 0) is 21.3 Å². The van der Waals surface area contributed by atoms with E-state index in [1.54, 1.807) is 22.8 Å². The Morgan fingerprint density at radius 3 is 2.61 bits per heavy atom. The van der Waals surface area contributed by atoms with Gasteiger partial charge in [0.2, 0.25) is 10.0 Å². The molecule has 1 heterocycles. The normalized spacial score (nSPS) is 12.1. The molecule has 3 aromatic rings. The Kier molecular flexibility index (Phi) is 6.66. The van der Waals surface area contributed by atoms with Crippen LogP contribution in [-0.4, -0.2) is 32.2 Å². The van der Waals surface area contributed by atoms with Gasteiger partial charge >= 0.3 is 4.87 Å². The maximum atomic E-state index is 12.5. The van der Waals surface area contributed by atoms with Crippen LogP contribution in [0.1, 0.15) is 25.8 Å². The molecule has 0 fully saturated rings. The molecule has 0 aliphatic heterocycles. The van der Waals surface area contributed by atoms with Gasteiger partial charge in [0.25, 0.3) is 0 Å². The summed E-state index contributed by atoms with van der Waals surface area (Å²) in [7, 11) is -3.63. The predicted octanol–water partition coefficient (Wildman–Crippen LogP) is 3.20. The molecule has 0 aliphatic rings. The first-order valence-corrected chi connectivity index (χ1v) is 11.5. The zero-order valence-electron chi connectivity index (χ0n) is 15.9. The van der Waals surface area contributed by atoms with Gasteiger partial charge in [-0.05, 0) is 44.0 Å². The van der Waals surface area contributed by atoms with E-state index in [-0.39, 0.29) is 15.9 Å². The first-order valence-electron chi connectivity index (χ1n) is 9.15. The van der Waals surface area contributed by atoms with E-state index in [1.807, 2.05) is 44.2 Å². The zero-order chi connectivity index (χ0) is 20.1. The minimum Gasteiger partial charge on any atom is -0.379 e. The quantitative estimate of drug-likeness (QED) is 0.539. The number of hydrogen-bond donors (Lipinski definition) is 1. The summed E-state index contributed by atoms with van der Waals surface area (Å²) in [5.41, 5.74) is 1.76. The smallest absolute Gasteiger partial charge is 0.308 e. The third-order valence-corrected chi connectivity index (χ3v) is 6.60. The first kappa shape index (κ1) is 20.7. The van der Waals surface area contributed by atoms with E-state index in [2.05, 4.69) is 4.72 Å². The monoisotopic (exact) mass is 420 g/mol. The molecule has 0 unspecified atom stereocenters. The van der Waals surface area contributed by atoms with Crippen LogP contribution < -0.4 is 9.60 Å². The van der Waals surface area contributed by atoms with Gasteiger partial charge < -0.3 is 4.74 Å². The van der Waals surface area contributed by atoms with Crippen LogP contribution in [0.25, 0.3) is 10.2 Å². The van der Waals surface area contributed by atoms with Crippen LogP contribution in [0.5, 0.6) is 0 Å². The van der Waals surface area contributed by atoms with Crippen molar-refractivity contribution < 1.29 is 13.2 Å². The summed E-state index contributed by atoms with van der Waals surface area (Å²) in [5.74, 6) is 0. The Morgan fingerprint density at radius 1 is 1.14 bits per heavy atom. The largest absolute Gasteiger partial charge is 0.379 e. The molecule has 28 heavy (non-hydrogen) atoms. The van der Waals surface area contributed by atoms with Gasteiger partial charge in [0.05, 0.1) is 27.8 Å². The fraction of sp³-hybridized carbons (Fsp3) is 0.350. The lowest BCUT2D eigenvalue weighted by molar-refractivity contribution is 0.0778. The molecule has 3 rings (SSSR count). The van der Waals surface area contributed by atoms with Gasteiger partial charge in [-0.1, -0.05) is 41.7 Å². The molecule has 1 aromatic heterocycles. The second-order valence-corrected chi connectivity index (χ2v) is 9.50. The van der Waals surface area contributed by atoms with Gasteiger partial charge in [-0.15, -0.1) is 0 Å². The summed E-state index contributed by atoms with van der Waals surface area (Å²) in [6.07, 6.45) is 0.724. The fourth-order valence-electron chi connectivity index (χ4n) is 2.81. The Bertz CT molecular complexity index is 1090. The topological polar surface area (TPSA) is 77.4 Å². The van der Waals surface area contributed by atoms with Crippen molar-refractivity contribution >= 4 is 31.6 Å². The third-order valence-electron chi connectivity index (χ3n) is 4.20. The number of rotatable bonds is 9. The molecular weight excluding hydrogens is 396 g/mol. The second-order valence-electron chi connectivity index (χ2n) is 6.74. The number of ether oxygens (including phenoxy) is 1. The molecule has 0 aliphatic carbocycles. The molecule has 0 saturated carbocycles. The summed E-state index contributed by atoms with van der Waals surface area (Å²) < 4.78 is 35.4. The van der Waals surface area contributed by atoms with E-state index in [9.17, 15) is 13.2 Å². The van der Waals surface area contributed by atoms with E-state index in [0.29, 0.717) is 30.8 Å². The minimum absolute atomic E-state index is 0.104. The maximum Gasteiger partial charge on any atom is 0.308 e. The van der Waals surface area contributed by atoms with E-state index in [4.69, 9.17) is 4.74 Å². The molecule has 0 atom stereocenters. The number of hydrogen-bond acceptors (Lipinski definition) is 5. The molecule has 1 N–H and O–H groups in total. The molecule has 8 heteroatoms. The zero-order valence-corrected chi connectivity index (χ0v) is 17.6. The van der Waals surface area contributed by atoms with Crippen LogP contribution in [0.2, 0.25) is 0 Å². The van der Waals surface area contributed by atoms with Gasteiger partial charge in [-0.2, -0.15) is 0 Å². The molecule has 150 valence electrons. The number of nitrogens with one attached hydrogen (secondary N) is 1. The predicted molar refractivity (Wildman–Crippen MR) is 113 cm³/mol. The summed E-state index contributed by atoms with van der Waals surface area (Å²) in [6.45, 7) is 5.14. The van der Waals surface area contributed by atoms with Crippen molar-refractivity contribution in [2.45, 2.75) is 37.8 Å². The highest BCUT2D eigenvalue weighted by Gasteiger charge is 2.16. The summed E-state index contributed by atoms with van der Waals surface area (Å²) in [6, 6.07) is 14.5. The molecule has 0 saturated heterocycles. The highest BCUT2D eigenvalue weighted by Crippen LogP contribution is 2.22. The van der Waals surface area contributed by atoms with Crippen LogP contribution in [0.15, 0.2) is 58.2 Å². The van der Waals surface area contributed by atoms with Gasteiger partial charge in [-0.3, -0.25) is 9.36 Å². The number of aromatic nitrogens is 1. The number of fused-ring (bicyclic) bond motifs is 1. The first-order chi connectivity index (χ1) is 13.4. The molecule has 2 aromatic carbocycles. The van der Waals surface area contributed by atoms with Crippen LogP contribution in [0.4, 0.5) is 0 Å². The number of thiazole rings is 1. The average Bonchev–Trinajstić information content (AvgIpc) is 2.96. The van der Waals surface area contributed by atoms with E-state index >= 15 is 0 Å². The lowest BCUT2D eigenvalue weighted by Crippen LogP contribution is -2.25. The third kappa shape index (κ3) is 5.08. The van der Waals surface area contributed by atoms with Crippen molar-refractivity contribution in [3.05, 3.63) is 63.8 Å². The fourth-order valence-corrected chi connectivity index (χ4v) is 4.92. The summed E-state index contributed by atoms with van der Waals surface area (Å²) in [5, 5.41) is 0. The Morgan fingerprint density at radius 2 is 1.89 bits per heavy atom. The summed E-state index contributed by atoms with van der Waals surface area (Å²) >= 11 is 1.06. The van der Waals surface area contributed by atoms with E-state index < -0.39 is 10.0 Å². The molecule has 0 amide bonds. The standard InChI is InChI=1S/C20H24N2O4S2/c1-15(2)26-12-6-11-21-28(24,25)17-9-10-18-19(13-17)27-20(23)22(18)14-16-7-4-3-5-8-16/h3-5,7-10,13,15,21H,6,11-12,14H2,1-2H3. The van der Waals surface area contributed by atoms with Crippen LogP contribution in [0, 0.1) is 0 Å². The highest BCUT2D eigenvalue weighted by atomic mass is 32.2. The van der Waals surface area contributed by atoms with Crippen LogP contribution in [0.3, 0.4) is 0 Å². The molecule has 0 spiro atoms. The number of sulfonamides is 1. The summed E-state index contributed by atoms with van der Waals surface area (Å²) in [4.78, 5) is 12.5. The molecular formula is C20H24N2O4S2. The van der Waals surface area contributed by atoms with Crippen molar-refractivity contribution in [1.82, 2.24) is 9.29 Å². The van der Waals surface area contributed by atoms with Gasteiger partial charge in [0.1, 0.15) is 0 Å². The van der Waals surface area contributed by atoms with Crippen molar-refractivity contribution in [3.63, 3.8) is 0 Å². The van der Waals surface area contributed by atoms with E-state index in [0.717, 1.165) is 22.4 Å². The highest BCUT2D eigenvalue weighted by molar-refractivity contribution is 7.89. The maximum absolute atomic E-state index is 12.5. The van der Waals surface area contributed by atoms with Crippen molar-refractivity contribution in [3.8, 4) is 0 Å². The second kappa shape index (κ2) is 9.00. The Labute approximate surface area is 168 Å². The number of nitrogens with zero attached hydrogens (tertiary/aromatic N) is 1.